The van der Waals surface area contributed by atoms with Gasteiger partial charge in [-0.2, -0.15) is 0 Å². The summed E-state index contributed by atoms with van der Waals surface area (Å²) in [5, 5.41) is 6.13. The quantitative estimate of drug-likeness (QED) is 0.363. The van der Waals surface area contributed by atoms with Crippen molar-refractivity contribution < 1.29 is 38.1 Å². The number of amides is 3. The number of nitrogens with zero attached hydrogens (tertiary/aromatic N) is 2. The number of hydrogen-bond donors (Lipinski definition) is 2. The number of fused-ring (bicyclic) bond motifs is 4. The van der Waals surface area contributed by atoms with E-state index >= 15 is 0 Å². The average Bonchev–Trinajstić information content (AvgIpc) is 3.37. The molecule has 0 aromatic heterocycles. The van der Waals surface area contributed by atoms with Crippen LogP contribution < -0.4 is 39.7 Å². The van der Waals surface area contributed by atoms with E-state index in [0.717, 1.165) is 11.1 Å². The fourth-order valence-electron chi connectivity index (χ4n) is 6.89. The lowest BCUT2D eigenvalue weighted by Gasteiger charge is -2.38. The van der Waals surface area contributed by atoms with Crippen molar-refractivity contribution in [2.24, 2.45) is 0 Å². The van der Waals surface area contributed by atoms with Crippen molar-refractivity contribution in [1.82, 2.24) is 15.1 Å². The SMILES string of the molecule is COc1cc2c(c(OC)c1OC)-c1ccc(N[C@H](C)C(=O)N3CCN(C(=O)[C@@H]4COc5ccccc5O4)CC3)c(=O)cc1[C@H](NC(C)=O)CC2. The van der Waals surface area contributed by atoms with Crippen LogP contribution in [0.25, 0.3) is 11.1 Å². The molecule has 0 radical (unpaired) electrons. The smallest absolute Gasteiger partial charge is 0.267 e. The van der Waals surface area contributed by atoms with Crippen LogP contribution in [-0.2, 0) is 20.8 Å². The summed E-state index contributed by atoms with van der Waals surface area (Å²) in [4.78, 5) is 56.2. The van der Waals surface area contributed by atoms with Gasteiger partial charge in [0.25, 0.3) is 5.91 Å². The average molecular weight is 687 g/mol. The van der Waals surface area contributed by atoms with Gasteiger partial charge >= 0.3 is 0 Å². The minimum atomic E-state index is -0.752. The minimum absolute atomic E-state index is 0.122. The summed E-state index contributed by atoms with van der Waals surface area (Å²) in [6.07, 6.45) is 0.354. The van der Waals surface area contributed by atoms with Crippen molar-refractivity contribution >= 4 is 23.4 Å². The van der Waals surface area contributed by atoms with E-state index in [0.29, 0.717) is 78.9 Å². The Morgan fingerprint density at radius 1 is 0.900 bits per heavy atom. The van der Waals surface area contributed by atoms with Crippen molar-refractivity contribution in [2.45, 2.75) is 44.9 Å². The van der Waals surface area contributed by atoms with E-state index in [-0.39, 0.29) is 35.4 Å². The number of carbonyl (C=O) groups excluding carboxylic acids is 3. The van der Waals surface area contributed by atoms with E-state index in [4.69, 9.17) is 23.7 Å². The third kappa shape index (κ3) is 6.72. The standard InChI is InChI=1S/C37H42N4O9/c1-21(36(44)40-14-16-41(17-15-40)37(45)32-20-49-29-8-6-7-9-30(29)50-32)38-27-13-11-24-25(19-28(27)43)26(39-22(2)42)12-10-23-18-31(46-3)34(47-4)35(48-5)33(23)24/h6-9,11,13,18-19,21,26,32H,10,12,14-17,20H2,1-5H3,(H,38,43)(H,39,42)/t21-,26-,32+/m1/s1. The molecule has 6 rings (SSSR count). The maximum atomic E-state index is 13.8. The van der Waals surface area contributed by atoms with Crippen LogP contribution in [-0.4, -0.2) is 93.8 Å². The van der Waals surface area contributed by atoms with Crippen molar-refractivity contribution in [3.8, 4) is 39.9 Å². The summed E-state index contributed by atoms with van der Waals surface area (Å²) in [7, 11) is 4.63. The van der Waals surface area contributed by atoms with Gasteiger partial charge < -0.3 is 44.1 Å². The van der Waals surface area contributed by atoms with Crippen LogP contribution in [0, 0.1) is 0 Å². The zero-order chi connectivity index (χ0) is 35.5. The number of rotatable bonds is 8. The van der Waals surface area contributed by atoms with Gasteiger partial charge in [0.15, 0.2) is 23.0 Å². The van der Waals surface area contributed by atoms with Crippen LogP contribution in [0.1, 0.15) is 37.4 Å². The molecular formula is C37H42N4O9. The molecule has 0 saturated carbocycles. The molecule has 3 atom stereocenters. The lowest BCUT2D eigenvalue weighted by molar-refractivity contribution is -0.146. The first-order chi connectivity index (χ1) is 24.1. The van der Waals surface area contributed by atoms with Crippen molar-refractivity contribution in [2.75, 3.05) is 59.4 Å². The highest BCUT2D eigenvalue weighted by atomic mass is 16.6. The normalized spacial score (nSPS) is 18.4. The summed E-state index contributed by atoms with van der Waals surface area (Å²) in [5.41, 5.74) is 2.85. The number of hydrogen-bond acceptors (Lipinski definition) is 10. The number of aryl methyl sites for hydroxylation is 1. The lowest BCUT2D eigenvalue weighted by Crippen LogP contribution is -2.56. The van der Waals surface area contributed by atoms with Gasteiger partial charge in [0.2, 0.25) is 29.1 Å². The van der Waals surface area contributed by atoms with Gasteiger partial charge in [-0.1, -0.05) is 18.2 Å². The highest BCUT2D eigenvalue weighted by Gasteiger charge is 2.35. The molecule has 2 N–H and O–H groups in total. The van der Waals surface area contributed by atoms with Gasteiger partial charge in [-0.3, -0.25) is 19.2 Å². The second kappa shape index (κ2) is 14.6. The van der Waals surface area contributed by atoms with Gasteiger partial charge in [-0.15, -0.1) is 0 Å². The van der Waals surface area contributed by atoms with Gasteiger partial charge in [0.1, 0.15) is 12.6 Å². The third-order valence-electron chi connectivity index (χ3n) is 9.35. The molecule has 2 heterocycles. The molecule has 0 bridgehead atoms. The lowest BCUT2D eigenvalue weighted by atomic mass is 9.95. The van der Waals surface area contributed by atoms with Crippen LogP contribution in [0.2, 0.25) is 0 Å². The van der Waals surface area contributed by atoms with Crippen LogP contribution in [0.3, 0.4) is 0 Å². The van der Waals surface area contributed by atoms with E-state index in [2.05, 4.69) is 10.6 Å². The molecule has 264 valence electrons. The zero-order valence-corrected chi connectivity index (χ0v) is 28.9. The fraction of sp³-hybridized carbons (Fsp3) is 0.405. The highest BCUT2D eigenvalue weighted by Crippen LogP contribution is 2.50. The molecule has 13 nitrogen and oxygen atoms in total. The molecule has 1 fully saturated rings. The number of methoxy groups -OCH3 is 3. The monoisotopic (exact) mass is 686 g/mol. The van der Waals surface area contributed by atoms with E-state index in [1.807, 2.05) is 24.3 Å². The van der Waals surface area contributed by atoms with Gasteiger partial charge in [-0.25, -0.2) is 0 Å². The number of benzene rings is 2. The fourth-order valence-corrected chi connectivity index (χ4v) is 6.89. The summed E-state index contributed by atoms with van der Waals surface area (Å²) in [6, 6.07) is 12.9. The maximum Gasteiger partial charge on any atom is 0.267 e. The van der Waals surface area contributed by atoms with Crippen LogP contribution in [0.15, 0.2) is 53.3 Å². The molecular weight excluding hydrogens is 644 g/mol. The first-order valence-corrected chi connectivity index (χ1v) is 16.6. The highest BCUT2D eigenvalue weighted by molar-refractivity contribution is 5.87. The molecule has 0 spiro atoms. The molecule has 1 saturated heterocycles. The van der Waals surface area contributed by atoms with E-state index in [9.17, 15) is 19.2 Å². The molecule has 3 aromatic carbocycles. The summed E-state index contributed by atoms with van der Waals surface area (Å²) >= 11 is 0. The Balaban J connectivity index is 1.21. The Morgan fingerprint density at radius 2 is 1.60 bits per heavy atom. The van der Waals surface area contributed by atoms with E-state index in [1.54, 1.807) is 49.1 Å². The van der Waals surface area contributed by atoms with Gasteiger partial charge in [-0.05, 0) is 66.8 Å². The van der Waals surface area contributed by atoms with Crippen molar-refractivity contribution in [3.63, 3.8) is 0 Å². The number of nitrogens with one attached hydrogen (secondary N) is 2. The number of carbonyl (C=O) groups is 3. The summed E-state index contributed by atoms with van der Waals surface area (Å²) in [6.45, 7) is 4.63. The van der Waals surface area contributed by atoms with Crippen LogP contribution in [0.5, 0.6) is 28.7 Å². The number of piperazine rings is 1. The van der Waals surface area contributed by atoms with Gasteiger partial charge in [0.05, 0.1) is 33.1 Å². The molecule has 1 aliphatic carbocycles. The Labute approximate surface area is 290 Å². The molecule has 13 heteroatoms. The molecule has 3 amide bonds. The Morgan fingerprint density at radius 3 is 2.28 bits per heavy atom. The molecule has 3 aromatic rings. The first-order valence-electron chi connectivity index (χ1n) is 16.6. The summed E-state index contributed by atoms with van der Waals surface area (Å²) < 4.78 is 28.7. The first kappa shape index (κ1) is 34.4. The predicted octanol–water partition coefficient (Wildman–Crippen LogP) is 3.17. The minimum Gasteiger partial charge on any atom is -0.493 e. The topological polar surface area (TPSA) is 145 Å². The molecule has 50 heavy (non-hydrogen) atoms. The number of para-hydroxylation sites is 2. The van der Waals surface area contributed by atoms with Crippen molar-refractivity contribution in [3.05, 3.63) is 69.9 Å². The Hall–Kier alpha value is -5.46. The molecule has 2 aliphatic heterocycles. The third-order valence-corrected chi connectivity index (χ3v) is 9.35. The Bertz CT molecular complexity index is 1860. The van der Waals surface area contributed by atoms with E-state index < -0.39 is 18.2 Å². The largest absolute Gasteiger partial charge is 0.493 e. The number of anilines is 1. The Kier molecular flexibility index (Phi) is 10.0. The predicted molar refractivity (Wildman–Crippen MR) is 185 cm³/mol. The van der Waals surface area contributed by atoms with E-state index in [1.165, 1.54) is 20.1 Å². The number of ether oxygens (including phenoxy) is 5. The second-order valence-corrected chi connectivity index (χ2v) is 12.5. The second-order valence-electron chi connectivity index (χ2n) is 12.5. The van der Waals surface area contributed by atoms with Crippen molar-refractivity contribution in [1.29, 1.82) is 0 Å². The van der Waals surface area contributed by atoms with Gasteiger partial charge in [0, 0.05) is 38.7 Å². The molecule has 0 unspecified atom stereocenters. The van der Waals surface area contributed by atoms with Crippen LogP contribution >= 0.6 is 0 Å². The van der Waals surface area contributed by atoms with Crippen LogP contribution in [0.4, 0.5) is 5.69 Å². The maximum absolute atomic E-state index is 13.8. The zero-order valence-electron chi connectivity index (χ0n) is 28.9. The molecule has 3 aliphatic rings. The summed E-state index contributed by atoms with van der Waals surface area (Å²) in [5.74, 6) is 1.90.